The first kappa shape index (κ1) is 18.1. The summed E-state index contributed by atoms with van der Waals surface area (Å²) in [4.78, 5) is 15.7. The second kappa shape index (κ2) is 8.58. The Morgan fingerprint density at radius 2 is 2.00 bits per heavy atom. The number of benzene rings is 2. The molecule has 5 nitrogen and oxygen atoms in total. The summed E-state index contributed by atoms with van der Waals surface area (Å²) >= 11 is 1.50. The quantitative estimate of drug-likeness (QED) is 0.351. The standard InChI is InChI=1S/C20H20N2O3S/c1-2-7-15-8-3-6-11-18(15)25-12-13-26-20-21-16-9-4-5-10-17(16)22(20)14-19(23)24/h2-6,8-11H,1,7,12-14H2,(H,23,24). The van der Waals surface area contributed by atoms with Crippen molar-refractivity contribution in [2.45, 2.75) is 18.1 Å². The lowest BCUT2D eigenvalue weighted by Crippen LogP contribution is -2.10. The number of thioether (sulfide) groups is 1. The fourth-order valence-corrected chi connectivity index (χ4v) is 3.54. The van der Waals surface area contributed by atoms with E-state index in [2.05, 4.69) is 11.6 Å². The molecule has 0 radical (unpaired) electrons. The zero-order valence-corrected chi connectivity index (χ0v) is 15.1. The van der Waals surface area contributed by atoms with Crippen LogP contribution in [0.5, 0.6) is 5.75 Å². The molecule has 0 saturated carbocycles. The van der Waals surface area contributed by atoms with Crippen LogP contribution in [0.15, 0.2) is 66.3 Å². The smallest absolute Gasteiger partial charge is 0.323 e. The fourth-order valence-electron chi connectivity index (χ4n) is 2.71. The Morgan fingerprint density at radius 3 is 2.81 bits per heavy atom. The molecule has 0 unspecified atom stereocenters. The Kier molecular flexibility index (Phi) is 5.96. The second-order valence-electron chi connectivity index (χ2n) is 5.66. The van der Waals surface area contributed by atoms with Gasteiger partial charge in [-0.05, 0) is 30.2 Å². The van der Waals surface area contributed by atoms with Gasteiger partial charge in [0, 0.05) is 5.75 Å². The van der Waals surface area contributed by atoms with Crippen LogP contribution in [0.3, 0.4) is 0 Å². The maximum Gasteiger partial charge on any atom is 0.323 e. The van der Waals surface area contributed by atoms with E-state index in [4.69, 9.17) is 4.74 Å². The van der Waals surface area contributed by atoms with Gasteiger partial charge in [0.05, 0.1) is 17.6 Å². The molecule has 6 heteroatoms. The molecule has 1 N–H and O–H groups in total. The summed E-state index contributed by atoms with van der Waals surface area (Å²) in [6.45, 7) is 4.17. The molecule has 1 aromatic heterocycles. The van der Waals surface area contributed by atoms with Crippen molar-refractivity contribution in [2.24, 2.45) is 0 Å². The van der Waals surface area contributed by atoms with Crippen LogP contribution in [0.2, 0.25) is 0 Å². The zero-order valence-electron chi connectivity index (χ0n) is 14.3. The van der Waals surface area contributed by atoms with Gasteiger partial charge in [0.25, 0.3) is 0 Å². The number of carbonyl (C=O) groups is 1. The van der Waals surface area contributed by atoms with Crippen molar-refractivity contribution in [3.8, 4) is 5.75 Å². The molecule has 3 aromatic rings. The van der Waals surface area contributed by atoms with E-state index in [1.54, 1.807) is 4.57 Å². The van der Waals surface area contributed by atoms with Crippen LogP contribution in [0.4, 0.5) is 0 Å². The van der Waals surface area contributed by atoms with Gasteiger partial charge in [-0.2, -0.15) is 0 Å². The first-order chi connectivity index (χ1) is 12.7. The third-order valence-electron chi connectivity index (χ3n) is 3.82. The molecule has 0 saturated heterocycles. The van der Waals surface area contributed by atoms with Gasteiger partial charge in [0.2, 0.25) is 0 Å². The van der Waals surface area contributed by atoms with Gasteiger partial charge < -0.3 is 14.4 Å². The molecule has 0 aliphatic heterocycles. The van der Waals surface area contributed by atoms with Gasteiger partial charge in [-0.25, -0.2) is 4.98 Å². The molecule has 0 amide bonds. The summed E-state index contributed by atoms with van der Waals surface area (Å²) in [6.07, 6.45) is 2.61. The molecule has 0 spiro atoms. The number of carboxylic acid groups (broad SMARTS) is 1. The highest BCUT2D eigenvalue weighted by Crippen LogP contribution is 2.25. The van der Waals surface area contributed by atoms with Gasteiger partial charge in [0.1, 0.15) is 12.3 Å². The van der Waals surface area contributed by atoms with E-state index in [1.165, 1.54) is 11.8 Å². The molecule has 0 fully saturated rings. The third kappa shape index (κ3) is 4.26. The molecule has 0 aliphatic rings. The monoisotopic (exact) mass is 368 g/mol. The highest BCUT2D eigenvalue weighted by molar-refractivity contribution is 7.99. The minimum absolute atomic E-state index is 0.105. The number of hydrogen-bond donors (Lipinski definition) is 1. The van der Waals surface area contributed by atoms with Crippen LogP contribution >= 0.6 is 11.8 Å². The minimum Gasteiger partial charge on any atom is -0.492 e. The van der Waals surface area contributed by atoms with Gasteiger partial charge in [0.15, 0.2) is 5.16 Å². The number of rotatable bonds is 9. The molecule has 0 atom stereocenters. The van der Waals surface area contributed by atoms with Crippen LogP contribution in [0.25, 0.3) is 11.0 Å². The topological polar surface area (TPSA) is 64.4 Å². The van der Waals surface area contributed by atoms with E-state index in [0.717, 1.165) is 28.8 Å². The number of carboxylic acids is 1. The lowest BCUT2D eigenvalue weighted by Gasteiger charge is -2.10. The first-order valence-corrected chi connectivity index (χ1v) is 9.29. The number of hydrogen-bond acceptors (Lipinski definition) is 4. The van der Waals surface area contributed by atoms with E-state index in [9.17, 15) is 9.90 Å². The molecular weight excluding hydrogens is 348 g/mol. The average Bonchev–Trinajstić information content (AvgIpc) is 2.97. The highest BCUT2D eigenvalue weighted by atomic mass is 32.2. The predicted octanol–water partition coefficient (Wildman–Crippen LogP) is 4.02. The van der Waals surface area contributed by atoms with Crippen LogP contribution in [0, 0.1) is 0 Å². The van der Waals surface area contributed by atoms with E-state index in [0.29, 0.717) is 17.5 Å². The van der Waals surface area contributed by atoms with E-state index < -0.39 is 5.97 Å². The van der Waals surface area contributed by atoms with Gasteiger partial charge in [-0.15, -0.1) is 6.58 Å². The van der Waals surface area contributed by atoms with Crippen LogP contribution < -0.4 is 4.74 Å². The Bertz CT molecular complexity index is 920. The number of nitrogens with zero attached hydrogens (tertiary/aromatic N) is 2. The number of imidazole rings is 1. The molecule has 134 valence electrons. The lowest BCUT2D eigenvalue weighted by atomic mass is 10.1. The van der Waals surface area contributed by atoms with E-state index in [1.807, 2.05) is 54.6 Å². The first-order valence-electron chi connectivity index (χ1n) is 8.30. The number of ether oxygens (including phenoxy) is 1. The van der Waals surface area contributed by atoms with Crippen molar-refractivity contribution >= 4 is 28.8 Å². The Balaban J connectivity index is 1.67. The number of para-hydroxylation sites is 3. The van der Waals surface area contributed by atoms with Crippen molar-refractivity contribution in [3.05, 3.63) is 66.7 Å². The van der Waals surface area contributed by atoms with Crippen molar-refractivity contribution in [2.75, 3.05) is 12.4 Å². The Morgan fingerprint density at radius 1 is 1.23 bits per heavy atom. The number of fused-ring (bicyclic) bond motifs is 1. The van der Waals surface area contributed by atoms with Crippen LogP contribution in [0.1, 0.15) is 5.56 Å². The largest absolute Gasteiger partial charge is 0.492 e. The van der Waals surface area contributed by atoms with Crippen molar-refractivity contribution < 1.29 is 14.6 Å². The average molecular weight is 368 g/mol. The van der Waals surface area contributed by atoms with Gasteiger partial charge in [-0.3, -0.25) is 4.79 Å². The summed E-state index contributed by atoms with van der Waals surface area (Å²) in [7, 11) is 0. The predicted molar refractivity (Wildman–Crippen MR) is 104 cm³/mol. The summed E-state index contributed by atoms with van der Waals surface area (Å²) in [6, 6.07) is 15.5. The number of allylic oxidation sites excluding steroid dienone is 1. The Hall–Kier alpha value is -2.73. The molecule has 0 aliphatic carbocycles. The second-order valence-corrected chi connectivity index (χ2v) is 6.72. The van der Waals surface area contributed by atoms with Crippen molar-refractivity contribution in [3.63, 3.8) is 0 Å². The molecule has 3 rings (SSSR count). The molecule has 26 heavy (non-hydrogen) atoms. The molecular formula is C20H20N2O3S. The fraction of sp³-hybridized carbons (Fsp3) is 0.200. The summed E-state index contributed by atoms with van der Waals surface area (Å²) in [5, 5.41) is 9.87. The lowest BCUT2D eigenvalue weighted by molar-refractivity contribution is -0.137. The van der Waals surface area contributed by atoms with Crippen molar-refractivity contribution in [1.82, 2.24) is 9.55 Å². The summed E-state index contributed by atoms with van der Waals surface area (Å²) in [5.74, 6) is 0.641. The zero-order chi connectivity index (χ0) is 18.4. The number of aromatic nitrogens is 2. The van der Waals surface area contributed by atoms with Crippen molar-refractivity contribution in [1.29, 1.82) is 0 Å². The molecule has 1 heterocycles. The SMILES string of the molecule is C=CCc1ccccc1OCCSc1nc2ccccc2n1CC(=O)O. The number of aliphatic carboxylic acids is 1. The molecule has 0 bridgehead atoms. The minimum atomic E-state index is -0.885. The van der Waals surface area contributed by atoms with E-state index >= 15 is 0 Å². The summed E-state index contributed by atoms with van der Waals surface area (Å²) in [5.41, 5.74) is 2.73. The van der Waals surface area contributed by atoms with Crippen LogP contribution in [-0.2, 0) is 17.8 Å². The normalized spacial score (nSPS) is 10.8. The third-order valence-corrected chi connectivity index (χ3v) is 4.76. The highest BCUT2D eigenvalue weighted by Gasteiger charge is 2.13. The van der Waals surface area contributed by atoms with Gasteiger partial charge in [-0.1, -0.05) is 48.2 Å². The van der Waals surface area contributed by atoms with Crippen LogP contribution in [-0.4, -0.2) is 33.0 Å². The maximum atomic E-state index is 11.2. The summed E-state index contributed by atoms with van der Waals surface area (Å²) < 4.78 is 7.61. The Labute approximate surface area is 156 Å². The molecule has 2 aromatic carbocycles. The van der Waals surface area contributed by atoms with E-state index in [-0.39, 0.29) is 6.54 Å². The van der Waals surface area contributed by atoms with Gasteiger partial charge >= 0.3 is 5.97 Å². The maximum absolute atomic E-state index is 11.2.